The molecule has 0 aliphatic rings. The van der Waals surface area contributed by atoms with E-state index in [0.29, 0.717) is 0 Å². The molecule has 18 heavy (non-hydrogen) atoms. The van der Waals surface area contributed by atoms with Crippen molar-refractivity contribution in [2.24, 2.45) is 0 Å². The van der Waals surface area contributed by atoms with E-state index in [0.717, 1.165) is 35.7 Å². The van der Waals surface area contributed by atoms with Crippen LogP contribution in [-0.2, 0) is 6.54 Å². The molecule has 0 saturated heterocycles. The van der Waals surface area contributed by atoms with Crippen LogP contribution in [0.15, 0.2) is 36.5 Å². The van der Waals surface area contributed by atoms with Gasteiger partial charge in [0.1, 0.15) is 0 Å². The van der Waals surface area contributed by atoms with E-state index < -0.39 is 0 Å². The highest BCUT2D eigenvalue weighted by Gasteiger charge is 2.09. The van der Waals surface area contributed by atoms with Crippen molar-refractivity contribution in [3.05, 3.63) is 47.7 Å². The maximum atomic E-state index is 5.97. The van der Waals surface area contributed by atoms with Gasteiger partial charge in [-0.15, -0.1) is 5.10 Å². The summed E-state index contributed by atoms with van der Waals surface area (Å²) in [5.74, 6) is 0.890. The van der Waals surface area contributed by atoms with Crippen LogP contribution >= 0.6 is 0 Å². The van der Waals surface area contributed by atoms with Gasteiger partial charge in [0.05, 0.1) is 6.20 Å². The van der Waals surface area contributed by atoms with Gasteiger partial charge in [0.2, 0.25) is 0 Å². The summed E-state index contributed by atoms with van der Waals surface area (Å²) in [6, 6.07) is 9.95. The van der Waals surface area contributed by atoms with Crippen molar-refractivity contribution in [2.75, 3.05) is 17.2 Å². The Labute approximate surface area is 107 Å². The summed E-state index contributed by atoms with van der Waals surface area (Å²) in [6.45, 7) is 5.74. The quantitative estimate of drug-likeness (QED) is 0.836. The molecule has 2 N–H and O–H groups in total. The second-order valence-corrected chi connectivity index (χ2v) is 4.30. The van der Waals surface area contributed by atoms with Crippen molar-refractivity contribution in [1.29, 1.82) is 0 Å². The van der Waals surface area contributed by atoms with Gasteiger partial charge in [0.25, 0.3) is 0 Å². The topological polar surface area (TPSA) is 55.0 Å². The van der Waals surface area contributed by atoms with Crippen molar-refractivity contribution in [3.8, 4) is 0 Å². The lowest BCUT2D eigenvalue weighted by Crippen LogP contribution is -2.24. The molecule has 2 aromatic rings. The number of anilines is 2. The summed E-state index contributed by atoms with van der Waals surface area (Å²) in [6.07, 6.45) is 1.76. The lowest BCUT2D eigenvalue weighted by atomic mass is 10.1. The first kappa shape index (κ1) is 12.4. The highest BCUT2D eigenvalue weighted by molar-refractivity contribution is 5.49. The highest BCUT2D eigenvalue weighted by Crippen LogP contribution is 2.18. The summed E-state index contributed by atoms with van der Waals surface area (Å²) >= 11 is 0. The number of hydrogen-bond acceptors (Lipinski definition) is 4. The summed E-state index contributed by atoms with van der Waals surface area (Å²) in [5, 5.41) is 8.17. The molecule has 0 unspecified atom stereocenters. The number of aryl methyl sites for hydroxylation is 1. The van der Waals surface area contributed by atoms with Crippen molar-refractivity contribution in [3.63, 3.8) is 0 Å². The molecule has 0 saturated carbocycles. The van der Waals surface area contributed by atoms with Crippen LogP contribution < -0.4 is 10.6 Å². The van der Waals surface area contributed by atoms with Crippen LogP contribution in [0, 0.1) is 6.92 Å². The first-order chi connectivity index (χ1) is 8.70. The average molecular weight is 242 g/mol. The Morgan fingerprint density at radius 1 is 1.28 bits per heavy atom. The number of para-hydroxylation sites is 1. The predicted molar refractivity (Wildman–Crippen MR) is 74.3 cm³/mol. The second kappa shape index (κ2) is 5.49. The van der Waals surface area contributed by atoms with E-state index >= 15 is 0 Å². The molecule has 0 radical (unpaired) electrons. The van der Waals surface area contributed by atoms with Crippen molar-refractivity contribution < 1.29 is 0 Å². The van der Waals surface area contributed by atoms with Gasteiger partial charge >= 0.3 is 0 Å². The molecule has 0 bridgehead atoms. The minimum Gasteiger partial charge on any atom is -0.398 e. The maximum Gasteiger partial charge on any atom is 0.151 e. The highest BCUT2D eigenvalue weighted by atomic mass is 15.3. The fourth-order valence-electron chi connectivity index (χ4n) is 1.84. The number of benzene rings is 1. The molecule has 0 aliphatic heterocycles. The Hall–Kier alpha value is -2.10. The first-order valence-corrected chi connectivity index (χ1v) is 6.08. The molecule has 0 fully saturated rings. The molecule has 94 valence electrons. The Morgan fingerprint density at radius 3 is 2.72 bits per heavy atom. The van der Waals surface area contributed by atoms with E-state index in [1.54, 1.807) is 6.20 Å². The SMILES string of the molecule is CCN(Cc1ccccc1N)c1cc(C)cnn1. The molecule has 1 heterocycles. The van der Waals surface area contributed by atoms with Crippen LogP contribution in [0.4, 0.5) is 11.5 Å². The van der Waals surface area contributed by atoms with Gasteiger partial charge < -0.3 is 10.6 Å². The lowest BCUT2D eigenvalue weighted by molar-refractivity contribution is 0.795. The minimum atomic E-state index is 0.751. The molecule has 0 aliphatic carbocycles. The zero-order valence-corrected chi connectivity index (χ0v) is 10.8. The standard InChI is InChI=1S/C14H18N4/c1-3-18(14-8-11(2)9-16-17-14)10-12-6-4-5-7-13(12)15/h4-9H,3,10,15H2,1-2H3. The smallest absolute Gasteiger partial charge is 0.151 e. The monoisotopic (exact) mass is 242 g/mol. The van der Waals surface area contributed by atoms with Gasteiger partial charge in [-0.25, -0.2) is 0 Å². The van der Waals surface area contributed by atoms with Crippen LogP contribution in [-0.4, -0.2) is 16.7 Å². The molecule has 2 rings (SSSR count). The predicted octanol–water partition coefficient (Wildman–Crippen LogP) is 2.39. The van der Waals surface area contributed by atoms with E-state index in [-0.39, 0.29) is 0 Å². The number of nitrogens with two attached hydrogens (primary N) is 1. The molecule has 0 atom stereocenters. The van der Waals surface area contributed by atoms with Crippen molar-refractivity contribution in [1.82, 2.24) is 10.2 Å². The van der Waals surface area contributed by atoms with Gasteiger partial charge in [-0.1, -0.05) is 18.2 Å². The van der Waals surface area contributed by atoms with Crippen LogP contribution in [0.1, 0.15) is 18.1 Å². The summed E-state index contributed by atoms with van der Waals surface area (Å²) in [4.78, 5) is 2.16. The molecule has 0 spiro atoms. The number of hydrogen-bond donors (Lipinski definition) is 1. The van der Waals surface area contributed by atoms with E-state index in [2.05, 4.69) is 22.0 Å². The molecule has 1 aromatic heterocycles. The fourth-order valence-corrected chi connectivity index (χ4v) is 1.84. The Balaban J connectivity index is 2.23. The van der Waals surface area contributed by atoms with E-state index in [1.807, 2.05) is 37.3 Å². The number of nitrogens with zero attached hydrogens (tertiary/aromatic N) is 3. The second-order valence-electron chi connectivity index (χ2n) is 4.30. The molecule has 0 amide bonds. The van der Waals surface area contributed by atoms with Gasteiger partial charge in [-0.3, -0.25) is 0 Å². The van der Waals surface area contributed by atoms with Crippen LogP contribution in [0.3, 0.4) is 0 Å². The molecule has 4 heteroatoms. The minimum absolute atomic E-state index is 0.751. The van der Waals surface area contributed by atoms with Gasteiger partial charge in [-0.05, 0) is 37.1 Å². The number of rotatable bonds is 4. The third kappa shape index (κ3) is 2.77. The summed E-state index contributed by atoms with van der Waals surface area (Å²) in [5.41, 5.74) is 9.01. The van der Waals surface area contributed by atoms with E-state index in [9.17, 15) is 0 Å². The van der Waals surface area contributed by atoms with Gasteiger partial charge in [-0.2, -0.15) is 5.10 Å². The van der Waals surface area contributed by atoms with Crippen molar-refractivity contribution >= 4 is 11.5 Å². The van der Waals surface area contributed by atoms with Gasteiger partial charge in [0.15, 0.2) is 5.82 Å². The zero-order valence-electron chi connectivity index (χ0n) is 10.8. The summed E-state index contributed by atoms with van der Waals surface area (Å²) in [7, 11) is 0. The fraction of sp³-hybridized carbons (Fsp3) is 0.286. The van der Waals surface area contributed by atoms with E-state index in [1.165, 1.54) is 0 Å². The van der Waals surface area contributed by atoms with Gasteiger partial charge in [0, 0.05) is 18.8 Å². The number of aromatic nitrogens is 2. The zero-order chi connectivity index (χ0) is 13.0. The Bertz CT molecular complexity index is 525. The largest absolute Gasteiger partial charge is 0.398 e. The molecule has 1 aromatic carbocycles. The van der Waals surface area contributed by atoms with E-state index in [4.69, 9.17) is 5.73 Å². The summed E-state index contributed by atoms with van der Waals surface area (Å²) < 4.78 is 0. The normalized spacial score (nSPS) is 10.3. The van der Waals surface area contributed by atoms with Crippen LogP contribution in [0.5, 0.6) is 0 Å². The van der Waals surface area contributed by atoms with Crippen LogP contribution in [0.2, 0.25) is 0 Å². The average Bonchev–Trinajstić information content (AvgIpc) is 2.38. The maximum absolute atomic E-state index is 5.97. The third-order valence-electron chi connectivity index (χ3n) is 2.90. The van der Waals surface area contributed by atoms with Crippen LogP contribution in [0.25, 0.3) is 0 Å². The molecular weight excluding hydrogens is 224 g/mol. The third-order valence-corrected chi connectivity index (χ3v) is 2.90. The molecular formula is C14H18N4. The lowest BCUT2D eigenvalue weighted by Gasteiger charge is -2.22. The first-order valence-electron chi connectivity index (χ1n) is 6.08. The Kier molecular flexibility index (Phi) is 3.77. The van der Waals surface area contributed by atoms with Crippen molar-refractivity contribution in [2.45, 2.75) is 20.4 Å². The molecule has 4 nitrogen and oxygen atoms in total. The Morgan fingerprint density at radius 2 is 2.06 bits per heavy atom. The number of nitrogen functional groups attached to an aromatic ring is 1.